The molecule has 0 aromatic heterocycles. The normalized spacial score (nSPS) is 10.0. The Hall–Kier alpha value is -0.740. The summed E-state index contributed by atoms with van der Waals surface area (Å²) >= 11 is 3.44. The third kappa shape index (κ3) is 2.39. The molecule has 3 nitrogen and oxygen atoms in total. The first kappa shape index (κ1) is 11.3. The van der Waals surface area contributed by atoms with Gasteiger partial charge in [-0.1, -0.05) is 22.0 Å². The number of alkyl halides is 1. The third-order valence-electron chi connectivity index (χ3n) is 1.92. The molecule has 0 amide bonds. The average Bonchev–Trinajstić information content (AvgIpc) is 2.18. The van der Waals surface area contributed by atoms with Crippen molar-refractivity contribution in [1.29, 1.82) is 0 Å². The van der Waals surface area contributed by atoms with E-state index in [1.54, 1.807) is 5.01 Å². The van der Waals surface area contributed by atoms with Crippen LogP contribution in [0.2, 0.25) is 0 Å². The summed E-state index contributed by atoms with van der Waals surface area (Å²) in [5.41, 5.74) is 2.06. The number of nitrogens with zero attached hydrogens (tertiary/aromatic N) is 1. The molecule has 14 heavy (non-hydrogen) atoms. The number of hydrazine groups is 1. The molecule has 2 N–H and O–H groups in total. The van der Waals surface area contributed by atoms with Crippen LogP contribution in [0.3, 0.4) is 0 Å². The van der Waals surface area contributed by atoms with Gasteiger partial charge in [0.25, 0.3) is 0 Å². The minimum Gasteiger partial charge on any atom is -0.493 e. The molecule has 0 bridgehead atoms. The van der Waals surface area contributed by atoms with Gasteiger partial charge in [-0.2, -0.15) is 0 Å². The van der Waals surface area contributed by atoms with E-state index in [1.165, 1.54) is 0 Å². The van der Waals surface area contributed by atoms with Crippen LogP contribution in [-0.4, -0.2) is 13.7 Å². The Morgan fingerprint density at radius 3 is 2.71 bits per heavy atom. The number of hydrogen-bond acceptors (Lipinski definition) is 3. The summed E-state index contributed by atoms with van der Waals surface area (Å²) in [4.78, 5) is 0. The molecule has 0 heterocycles. The van der Waals surface area contributed by atoms with Crippen molar-refractivity contribution in [2.75, 3.05) is 18.7 Å². The number of benzene rings is 1. The molecule has 0 spiro atoms. The van der Waals surface area contributed by atoms with Crippen molar-refractivity contribution in [2.45, 2.75) is 12.3 Å². The molecule has 0 fully saturated rings. The topological polar surface area (TPSA) is 38.5 Å². The van der Waals surface area contributed by atoms with E-state index < -0.39 is 0 Å². The van der Waals surface area contributed by atoms with Crippen molar-refractivity contribution in [3.05, 3.63) is 23.8 Å². The molecule has 0 aliphatic rings. The van der Waals surface area contributed by atoms with E-state index in [1.807, 2.05) is 32.2 Å². The number of rotatable bonds is 4. The van der Waals surface area contributed by atoms with E-state index in [9.17, 15) is 0 Å². The second kappa shape index (κ2) is 5.22. The fraction of sp³-hybridized carbons (Fsp3) is 0.400. The van der Waals surface area contributed by atoms with Crippen LogP contribution in [0.4, 0.5) is 5.69 Å². The Bertz CT molecular complexity index is 302. The highest BCUT2D eigenvalue weighted by atomic mass is 79.9. The Balaban J connectivity index is 3.11. The molecular weight excluding hydrogens is 244 g/mol. The van der Waals surface area contributed by atoms with Crippen LogP contribution in [0, 0.1) is 0 Å². The smallest absolute Gasteiger partial charge is 0.125 e. The van der Waals surface area contributed by atoms with Crippen molar-refractivity contribution < 1.29 is 4.74 Å². The molecule has 0 saturated carbocycles. The summed E-state index contributed by atoms with van der Waals surface area (Å²) in [6, 6.07) is 5.86. The Kier molecular flexibility index (Phi) is 4.22. The zero-order valence-corrected chi connectivity index (χ0v) is 10.0. The standard InChI is InChI=1S/C10H15BrN2O/c1-3-14-10-6-4-5-9(13(2)12)8(10)7-11/h4-6H,3,7,12H2,1-2H3. The van der Waals surface area contributed by atoms with E-state index in [0.717, 1.165) is 22.3 Å². The van der Waals surface area contributed by atoms with Crippen LogP contribution < -0.4 is 15.6 Å². The molecule has 0 saturated heterocycles. The second-order valence-electron chi connectivity index (χ2n) is 2.93. The summed E-state index contributed by atoms with van der Waals surface area (Å²) in [7, 11) is 1.82. The van der Waals surface area contributed by atoms with E-state index in [-0.39, 0.29) is 0 Å². The average molecular weight is 259 g/mol. The molecule has 0 atom stereocenters. The van der Waals surface area contributed by atoms with Crippen molar-refractivity contribution in [2.24, 2.45) is 5.84 Å². The van der Waals surface area contributed by atoms with Gasteiger partial charge in [0.1, 0.15) is 5.75 Å². The Morgan fingerprint density at radius 2 is 2.21 bits per heavy atom. The first-order chi connectivity index (χ1) is 6.70. The van der Waals surface area contributed by atoms with Gasteiger partial charge >= 0.3 is 0 Å². The number of ether oxygens (including phenoxy) is 1. The summed E-state index contributed by atoms with van der Waals surface area (Å²) in [5, 5.41) is 2.33. The number of hydrogen-bond donors (Lipinski definition) is 1. The summed E-state index contributed by atoms with van der Waals surface area (Å²) in [6.45, 7) is 2.63. The molecule has 4 heteroatoms. The summed E-state index contributed by atoms with van der Waals surface area (Å²) in [6.07, 6.45) is 0. The first-order valence-electron chi connectivity index (χ1n) is 4.49. The van der Waals surface area contributed by atoms with Crippen molar-refractivity contribution in [3.8, 4) is 5.75 Å². The molecule has 0 radical (unpaired) electrons. The molecule has 0 aliphatic heterocycles. The van der Waals surface area contributed by atoms with E-state index in [2.05, 4.69) is 15.9 Å². The number of anilines is 1. The van der Waals surface area contributed by atoms with Crippen LogP contribution in [0.1, 0.15) is 12.5 Å². The summed E-state index contributed by atoms with van der Waals surface area (Å²) < 4.78 is 5.51. The first-order valence-corrected chi connectivity index (χ1v) is 5.62. The SMILES string of the molecule is CCOc1cccc(N(C)N)c1CBr. The number of nitrogens with two attached hydrogens (primary N) is 1. The molecule has 1 rings (SSSR count). The molecular formula is C10H15BrN2O. The fourth-order valence-electron chi connectivity index (χ4n) is 1.31. The highest BCUT2D eigenvalue weighted by Gasteiger charge is 2.09. The van der Waals surface area contributed by atoms with Crippen LogP contribution in [0.5, 0.6) is 5.75 Å². The molecule has 0 unspecified atom stereocenters. The predicted octanol–water partition coefficient (Wildman–Crippen LogP) is 2.29. The quantitative estimate of drug-likeness (QED) is 0.512. The van der Waals surface area contributed by atoms with Crippen molar-refractivity contribution in [1.82, 2.24) is 0 Å². The lowest BCUT2D eigenvalue weighted by atomic mass is 10.2. The molecule has 78 valence electrons. The maximum atomic E-state index is 5.71. The van der Waals surface area contributed by atoms with Gasteiger partial charge in [0.05, 0.1) is 12.3 Å². The fourth-order valence-corrected chi connectivity index (χ4v) is 1.87. The minimum absolute atomic E-state index is 0.664. The lowest BCUT2D eigenvalue weighted by Gasteiger charge is -2.18. The Labute approximate surface area is 92.9 Å². The predicted molar refractivity (Wildman–Crippen MR) is 62.8 cm³/mol. The van der Waals surface area contributed by atoms with E-state index in [4.69, 9.17) is 10.6 Å². The lowest BCUT2D eigenvalue weighted by molar-refractivity contribution is 0.338. The van der Waals surface area contributed by atoms with Gasteiger partial charge in [-0.15, -0.1) is 0 Å². The highest BCUT2D eigenvalue weighted by Crippen LogP contribution is 2.29. The molecule has 0 aliphatic carbocycles. The van der Waals surface area contributed by atoms with E-state index in [0.29, 0.717) is 6.61 Å². The minimum atomic E-state index is 0.664. The lowest BCUT2D eigenvalue weighted by Crippen LogP contribution is -2.26. The zero-order valence-electron chi connectivity index (χ0n) is 8.46. The maximum absolute atomic E-state index is 5.71. The zero-order chi connectivity index (χ0) is 10.6. The van der Waals surface area contributed by atoms with Crippen molar-refractivity contribution >= 4 is 21.6 Å². The molecule has 1 aromatic carbocycles. The highest BCUT2D eigenvalue weighted by molar-refractivity contribution is 9.08. The van der Waals surface area contributed by atoms with Gasteiger partial charge in [-0.25, -0.2) is 5.84 Å². The van der Waals surface area contributed by atoms with Gasteiger partial charge in [0.2, 0.25) is 0 Å². The molecule has 1 aromatic rings. The van der Waals surface area contributed by atoms with Crippen LogP contribution >= 0.6 is 15.9 Å². The van der Waals surface area contributed by atoms with Crippen molar-refractivity contribution in [3.63, 3.8) is 0 Å². The third-order valence-corrected chi connectivity index (χ3v) is 2.48. The van der Waals surface area contributed by atoms with Gasteiger partial charge in [0, 0.05) is 17.9 Å². The van der Waals surface area contributed by atoms with Crippen LogP contribution in [-0.2, 0) is 5.33 Å². The second-order valence-corrected chi connectivity index (χ2v) is 3.49. The van der Waals surface area contributed by atoms with Gasteiger partial charge in [-0.05, 0) is 19.1 Å². The van der Waals surface area contributed by atoms with Gasteiger partial charge in [-0.3, -0.25) is 0 Å². The summed E-state index contributed by atoms with van der Waals surface area (Å²) in [5.74, 6) is 6.60. The van der Waals surface area contributed by atoms with Gasteiger partial charge in [0.15, 0.2) is 0 Å². The van der Waals surface area contributed by atoms with Crippen LogP contribution in [0.25, 0.3) is 0 Å². The van der Waals surface area contributed by atoms with E-state index >= 15 is 0 Å². The maximum Gasteiger partial charge on any atom is 0.125 e. The number of halogens is 1. The van der Waals surface area contributed by atoms with Gasteiger partial charge < -0.3 is 9.75 Å². The Morgan fingerprint density at radius 1 is 1.50 bits per heavy atom. The van der Waals surface area contributed by atoms with Crippen LogP contribution in [0.15, 0.2) is 18.2 Å². The monoisotopic (exact) mass is 258 g/mol. The largest absolute Gasteiger partial charge is 0.493 e.